The summed E-state index contributed by atoms with van der Waals surface area (Å²) in [7, 11) is 0. The largest absolute Gasteiger partial charge is 0.766 e. The van der Waals surface area contributed by atoms with Crippen molar-refractivity contribution < 1.29 is 22.8 Å². The summed E-state index contributed by atoms with van der Waals surface area (Å²) in [5, 5.41) is 28.2. The fraction of sp³-hybridized carbons (Fsp3) is 0.367. The summed E-state index contributed by atoms with van der Waals surface area (Å²) in [5.74, 6) is -4.58. The van der Waals surface area contributed by atoms with Crippen LogP contribution in [0.15, 0.2) is 61.1 Å². The fourth-order valence-electron chi connectivity index (χ4n) is 5.57. The second-order valence-corrected chi connectivity index (χ2v) is 10.7. The Morgan fingerprint density at radius 3 is 2.63 bits per heavy atom. The average molecular weight is 593 g/mol. The Morgan fingerprint density at radius 1 is 1.19 bits per heavy atom. The van der Waals surface area contributed by atoms with Crippen LogP contribution in [-0.2, 0) is 9.59 Å². The Bertz CT molecular complexity index is 1540. The van der Waals surface area contributed by atoms with E-state index in [-0.39, 0.29) is 55.6 Å². The van der Waals surface area contributed by atoms with Crippen molar-refractivity contribution in [2.45, 2.75) is 69.6 Å². The fourth-order valence-corrected chi connectivity index (χ4v) is 5.57. The van der Waals surface area contributed by atoms with Crippen LogP contribution in [0.2, 0.25) is 0 Å². The number of carbonyl (C=O) groups is 2. The van der Waals surface area contributed by atoms with E-state index < -0.39 is 41.8 Å². The molecule has 1 aliphatic heterocycles. The lowest BCUT2D eigenvalue weighted by Crippen LogP contribution is -2.57. The first-order chi connectivity index (χ1) is 20.6. The maximum atomic E-state index is 14.6. The zero-order valence-electron chi connectivity index (χ0n) is 23.3. The van der Waals surface area contributed by atoms with E-state index in [2.05, 4.69) is 15.3 Å². The van der Waals surface area contributed by atoms with Crippen LogP contribution in [0.1, 0.15) is 61.3 Å². The molecular formula is C30H29F3N7O3-. The van der Waals surface area contributed by atoms with Gasteiger partial charge in [0.05, 0.1) is 35.9 Å². The number of hydroxylamine groups is 1. The molecule has 0 spiro atoms. The summed E-state index contributed by atoms with van der Waals surface area (Å²) >= 11 is 0. The van der Waals surface area contributed by atoms with Gasteiger partial charge >= 0.3 is 0 Å². The van der Waals surface area contributed by atoms with Gasteiger partial charge in [0.1, 0.15) is 17.7 Å². The monoisotopic (exact) mass is 592 g/mol. The molecule has 5 rings (SSSR count). The van der Waals surface area contributed by atoms with Gasteiger partial charge in [-0.1, -0.05) is 24.3 Å². The maximum Gasteiger partial charge on any atom is 0.249 e. The molecule has 1 N–H and O–H groups in total. The molecule has 2 aromatic heterocycles. The second kappa shape index (κ2) is 12.4. The third kappa shape index (κ3) is 6.45. The number of rotatable bonds is 8. The highest BCUT2D eigenvalue weighted by Gasteiger charge is 2.41. The molecule has 3 aromatic rings. The first kappa shape index (κ1) is 29.9. The molecule has 0 radical (unpaired) electrons. The van der Waals surface area contributed by atoms with E-state index in [1.54, 1.807) is 31.2 Å². The third-order valence-electron chi connectivity index (χ3n) is 7.77. The third-order valence-corrected chi connectivity index (χ3v) is 7.77. The topological polar surface area (TPSA) is 129 Å². The van der Waals surface area contributed by atoms with E-state index >= 15 is 0 Å². The molecule has 0 unspecified atom stereocenters. The predicted octanol–water partition coefficient (Wildman–Crippen LogP) is 4.91. The first-order valence-corrected chi connectivity index (χ1v) is 13.9. The number of carbonyl (C=O) groups excluding carboxylic acids is 2. The number of hydrogen-bond donors (Lipinski definition) is 1. The molecule has 1 aliphatic carbocycles. The molecule has 10 nitrogen and oxygen atoms in total. The minimum atomic E-state index is -2.81. The van der Waals surface area contributed by atoms with E-state index in [4.69, 9.17) is 0 Å². The molecule has 1 saturated heterocycles. The van der Waals surface area contributed by atoms with Gasteiger partial charge in [-0.05, 0) is 49.4 Å². The van der Waals surface area contributed by atoms with Crippen LogP contribution < -0.4 is 15.2 Å². The average Bonchev–Trinajstić information content (AvgIpc) is 3.38. The predicted molar refractivity (Wildman–Crippen MR) is 151 cm³/mol. The molecule has 1 aromatic carbocycles. The van der Waals surface area contributed by atoms with E-state index in [1.165, 1.54) is 24.5 Å². The van der Waals surface area contributed by atoms with Gasteiger partial charge in [0, 0.05) is 37.6 Å². The van der Waals surface area contributed by atoms with Crippen molar-refractivity contribution in [3.63, 3.8) is 0 Å². The van der Waals surface area contributed by atoms with Gasteiger partial charge in [0.25, 0.3) is 0 Å². The van der Waals surface area contributed by atoms with Crippen molar-refractivity contribution >= 4 is 23.3 Å². The van der Waals surface area contributed by atoms with Gasteiger partial charge in [-0.2, -0.15) is 5.26 Å². The number of pyridine rings is 2. The molecule has 2 amide bonds. The zero-order valence-corrected chi connectivity index (χ0v) is 23.3. The molecule has 1 saturated carbocycles. The highest BCUT2D eigenvalue weighted by molar-refractivity contribution is 5.95. The Labute approximate surface area is 246 Å². The number of anilines is 2. The summed E-state index contributed by atoms with van der Waals surface area (Å²) in [6.07, 6.45) is 1.66. The molecule has 2 atom stereocenters. The summed E-state index contributed by atoms with van der Waals surface area (Å²) in [6, 6.07) is 10.7. The molecule has 43 heavy (non-hydrogen) atoms. The first-order valence-electron chi connectivity index (χ1n) is 13.9. The van der Waals surface area contributed by atoms with E-state index in [0.29, 0.717) is 16.3 Å². The lowest BCUT2D eigenvalue weighted by molar-refractivity contribution is -0.125. The Morgan fingerprint density at radius 2 is 1.93 bits per heavy atom. The van der Waals surface area contributed by atoms with Crippen molar-refractivity contribution in [1.29, 1.82) is 5.26 Å². The van der Waals surface area contributed by atoms with Crippen LogP contribution in [0.25, 0.3) is 0 Å². The smallest absolute Gasteiger partial charge is 0.249 e. The van der Waals surface area contributed by atoms with Crippen LogP contribution in [-0.4, -0.2) is 45.1 Å². The highest BCUT2D eigenvalue weighted by Crippen LogP contribution is 2.37. The van der Waals surface area contributed by atoms with Crippen molar-refractivity contribution in [1.82, 2.24) is 20.5 Å². The van der Waals surface area contributed by atoms with Crippen LogP contribution in [0.3, 0.4) is 0 Å². The number of amides is 2. The zero-order chi connectivity index (χ0) is 30.7. The van der Waals surface area contributed by atoms with Crippen LogP contribution in [0, 0.1) is 29.3 Å². The summed E-state index contributed by atoms with van der Waals surface area (Å²) in [4.78, 5) is 36.4. The second-order valence-electron chi connectivity index (χ2n) is 10.7. The lowest BCUT2D eigenvalue weighted by Gasteiger charge is -2.50. The number of alkyl halides is 2. The van der Waals surface area contributed by atoms with Crippen LogP contribution in [0.4, 0.5) is 24.7 Å². The number of halogens is 3. The Balaban J connectivity index is 1.58. The van der Waals surface area contributed by atoms with Crippen molar-refractivity contribution in [3.05, 3.63) is 88.8 Å². The number of aryl methyl sites for hydroxylation is 1. The number of hydrogen-bond acceptors (Lipinski definition) is 8. The highest BCUT2D eigenvalue weighted by atomic mass is 19.3. The molecule has 0 bridgehead atoms. The normalized spacial score (nSPS) is 19.2. The maximum absolute atomic E-state index is 14.6. The van der Waals surface area contributed by atoms with E-state index in [1.807, 2.05) is 6.07 Å². The molecule has 3 heterocycles. The van der Waals surface area contributed by atoms with Gasteiger partial charge in [0.2, 0.25) is 17.7 Å². The van der Waals surface area contributed by atoms with Crippen LogP contribution >= 0.6 is 0 Å². The minimum absolute atomic E-state index is 0.0192. The van der Waals surface area contributed by atoms with Gasteiger partial charge in [-0.25, -0.2) is 18.2 Å². The number of aromatic nitrogens is 2. The summed E-state index contributed by atoms with van der Waals surface area (Å²) in [5.41, 5.74) is 1.21. The van der Waals surface area contributed by atoms with E-state index in [9.17, 15) is 33.2 Å². The van der Waals surface area contributed by atoms with E-state index in [0.717, 1.165) is 22.2 Å². The molecule has 2 fully saturated rings. The standard InChI is InChI=1S/C30H29F3N7O3/c1-19-4-2-3-5-24(19)28(29(42)37-22-8-11-30(32,33)12-9-22)39(23-15-21(31)17-35-18-23)40(43)26-6-7-27(41)38(26)25-14-20(16-34)10-13-36-25/h2-5,10,13-15,17-18,22,26,28H,6-9,11-12H2,1H3,(H,37,42)/q-1/t26-,28+/m1/s1. The Kier molecular flexibility index (Phi) is 8.61. The molecule has 224 valence electrons. The van der Waals surface area contributed by atoms with Gasteiger partial charge in [-0.3, -0.25) is 29.7 Å². The molecular weight excluding hydrogens is 563 g/mol. The van der Waals surface area contributed by atoms with Gasteiger partial charge in [0.15, 0.2) is 0 Å². The number of nitrogens with one attached hydrogen (secondary N) is 1. The van der Waals surface area contributed by atoms with Crippen molar-refractivity contribution in [2.24, 2.45) is 0 Å². The lowest BCUT2D eigenvalue weighted by atomic mass is 9.91. The van der Waals surface area contributed by atoms with Crippen molar-refractivity contribution in [3.8, 4) is 6.07 Å². The SMILES string of the molecule is Cc1ccccc1[C@@H](C(=O)NC1CCC(F)(F)CC1)N(c1cncc(F)c1)N([O-])[C@@H]1CCC(=O)N1c1cc(C#N)ccn1. The number of nitrogens with zero attached hydrogens (tertiary/aromatic N) is 6. The Hall–Kier alpha value is -4.54. The summed E-state index contributed by atoms with van der Waals surface area (Å²) < 4.78 is 42.3. The summed E-state index contributed by atoms with van der Waals surface area (Å²) in [6.45, 7) is 1.75. The quantitative estimate of drug-likeness (QED) is 0.366. The van der Waals surface area contributed by atoms with Crippen LogP contribution in [0.5, 0.6) is 0 Å². The number of nitriles is 1. The van der Waals surface area contributed by atoms with Crippen molar-refractivity contribution in [2.75, 3.05) is 9.91 Å². The molecule has 13 heteroatoms. The molecule has 2 aliphatic rings. The number of benzene rings is 1. The van der Waals surface area contributed by atoms with Gasteiger partial charge in [-0.15, -0.1) is 0 Å². The number of hydrazine groups is 1. The minimum Gasteiger partial charge on any atom is -0.766 e. The van der Waals surface area contributed by atoms with Gasteiger partial charge < -0.3 is 10.5 Å².